The van der Waals surface area contributed by atoms with Crippen LogP contribution >= 0.6 is 11.6 Å². The van der Waals surface area contributed by atoms with Crippen molar-refractivity contribution in [1.82, 2.24) is 0 Å². The highest BCUT2D eigenvalue weighted by molar-refractivity contribution is 6.30. The van der Waals surface area contributed by atoms with Gasteiger partial charge in [-0.3, -0.25) is 0 Å². The molecule has 0 saturated heterocycles. The summed E-state index contributed by atoms with van der Waals surface area (Å²) in [5.74, 6) is -0.398. The SMILES string of the molecule is COC(OC)C(C)Nc1ccc(Cl)cc1F. The van der Waals surface area contributed by atoms with Crippen LogP contribution in [0.15, 0.2) is 18.2 Å². The molecule has 0 amide bonds. The molecule has 0 aliphatic heterocycles. The quantitative estimate of drug-likeness (QED) is 0.812. The summed E-state index contributed by atoms with van der Waals surface area (Å²) in [6.07, 6.45) is -0.435. The van der Waals surface area contributed by atoms with Gasteiger partial charge < -0.3 is 14.8 Å². The average molecular weight is 248 g/mol. The van der Waals surface area contributed by atoms with Gasteiger partial charge in [-0.05, 0) is 25.1 Å². The van der Waals surface area contributed by atoms with Crippen molar-refractivity contribution >= 4 is 17.3 Å². The monoisotopic (exact) mass is 247 g/mol. The van der Waals surface area contributed by atoms with E-state index in [1.807, 2.05) is 6.92 Å². The van der Waals surface area contributed by atoms with Gasteiger partial charge in [0.05, 0.1) is 11.7 Å². The van der Waals surface area contributed by atoms with Crippen LogP contribution in [0.4, 0.5) is 10.1 Å². The molecule has 0 aromatic heterocycles. The standard InChI is InChI=1S/C11H15ClFNO2/c1-7(11(15-2)16-3)14-10-5-4-8(12)6-9(10)13/h4-7,11,14H,1-3H3. The minimum Gasteiger partial charge on any atom is -0.375 e. The Bertz CT molecular complexity index is 345. The first-order valence-corrected chi connectivity index (χ1v) is 5.23. The molecule has 1 aromatic rings. The normalized spacial score (nSPS) is 12.9. The number of hydrogen-bond donors (Lipinski definition) is 1. The summed E-state index contributed by atoms with van der Waals surface area (Å²) in [5.41, 5.74) is 0.371. The van der Waals surface area contributed by atoms with Crippen LogP contribution in [-0.2, 0) is 9.47 Å². The molecular formula is C11H15ClFNO2. The van der Waals surface area contributed by atoms with Gasteiger partial charge in [-0.1, -0.05) is 11.6 Å². The first-order valence-electron chi connectivity index (χ1n) is 4.85. The van der Waals surface area contributed by atoms with E-state index in [9.17, 15) is 4.39 Å². The third-order valence-electron chi connectivity index (χ3n) is 2.19. The van der Waals surface area contributed by atoms with Crippen molar-refractivity contribution in [3.05, 3.63) is 29.0 Å². The second kappa shape index (κ2) is 6.03. The van der Waals surface area contributed by atoms with E-state index >= 15 is 0 Å². The number of nitrogens with one attached hydrogen (secondary N) is 1. The van der Waals surface area contributed by atoms with Gasteiger partial charge in [0.25, 0.3) is 0 Å². The molecule has 1 aromatic carbocycles. The molecule has 1 rings (SSSR count). The van der Waals surface area contributed by atoms with Crippen LogP contribution in [0.25, 0.3) is 0 Å². The zero-order valence-corrected chi connectivity index (χ0v) is 10.2. The van der Waals surface area contributed by atoms with E-state index in [0.29, 0.717) is 10.7 Å². The predicted octanol–water partition coefficient (Wildman–Crippen LogP) is 2.90. The highest BCUT2D eigenvalue weighted by atomic mass is 35.5. The molecule has 0 bridgehead atoms. The van der Waals surface area contributed by atoms with E-state index in [-0.39, 0.29) is 6.04 Å². The van der Waals surface area contributed by atoms with Crippen molar-refractivity contribution in [2.75, 3.05) is 19.5 Å². The molecule has 1 atom stereocenters. The highest BCUT2D eigenvalue weighted by Crippen LogP contribution is 2.20. The van der Waals surface area contributed by atoms with Crippen molar-refractivity contribution in [2.24, 2.45) is 0 Å². The minimum atomic E-state index is -0.435. The number of ether oxygens (including phenoxy) is 2. The van der Waals surface area contributed by atoms with Gasteiger partial charge in [0, 0.05) is 19.2 Å². The molecular weight excluding hydrogens is 233 g/mol. The van der Waals surface area contributed by atoms with Crippen LogP contribution < -0.4 is 5.32 Å². The molecule has 16 heavy (non-hydrogen) atoms. The van der Waals surface area contributed by atoms with E-state index < -0.39 is 12.1 Å². The lowest BCUT2D eigenvalue weighted by Crippen LogP contribution is -2.34. The second-order valence-corrected chi connectivity index (χ2v) is 3.83. The van der Waals surface area contributed by atoms with Gasteiger partial charge in [-0.2, -0.15) is 0 Å². The number of anilines is 1. The highest BCUT2D eigenvalue weighted by Gasteiger charge is 2.16. The fourth-order valence-electron chi connectivity index (χ4n) is 1.42. The van der Waals surface area contributed by atoms with Crippen LogP contribution in [0, 0.1) is 5.82 Å². The Labute approximate surface area is 99.5 Å². The molecule has 3 nitrogen and oxygen atoms in total. The Morgan fingerprint density at radius 3 is 2.44 bits per heavy atom. The molecule has 0 spiro atoms. The Balaban J connectivity index is 2.72. The first-order chi connectivity index (χ1) is 7.58. The fourth-order valence-corrected chi connectivity index (χ4v) is 1.58. The molecule has 0 saturated carbocycles. The molecule has 0 aliphatic rings. The molecule has 1 unspecified atom stereocenters. The molecule has 1 N–H and O–H groups in total. The third kappa shape index (κ3) is 3.33. The number of benzene rings is 1. The Hall–Kier alpha value is -0.840. The lowest BCUT2D eigenvalue weighted by Gasteiger charge is -2.23. The van der Waals surface area contributed by atoms with Gasteiger partial charge in [0.1, 0.15) is 5.82 Å². The maximum atomic E-state index is 13.5. The first kappa shape index (κ1) is 13.2. The van der Waals surface area contributed by atoms with Crippen molar-refractivity contribution in [3.8, 4) is 0 Å². The van der Waals surface area contributed by atoms with E-state index in [2.05, 4.69) is 5.32 Å². The van der Waals surface area contributed by atoms with Gasteiger partial charge >= 0.3 is 0 Å². The predicted molar refractivity (Wildman–Crippen MR) is 62.3 cm³/mol. The van der Waals surface area contributed by atoms with E-state index in [4.69, 9.17) is 21.1 Å². The maximum absolute atomic E-state index is 13.5. The van der Waals surface area contributed by atoms with Crippen molar-refractivity contribution in [2.45, 2.75) is 19.3 Å². The number of methoxy groups -OCH3 is 2. The molecule has 5 heteroatoms. The lowest BCUT2D eigenvalue weighted by molar-refractivity contribution is -0.109. The van der Waals surface area contributed by atoms with Gasteiger partial charge in [-0.15, -0.1) is 0 Å². The van der Waals surface area contributed by atoms with Gasteiger partial charge in [-0.25, -0.2) is 4.39 Å². The second-order valence-electron chi connectivity index (χ2n) is 3.40. The van der Waals surface area contributed by atoms with Crippen molar-refractivity contribution < 1.29 is 13.9 Å². The number of hydrogen-bond acceptors (Lipinski definition) is 3. The molecule has 0 fully saturated rings. The fraction of sp³-hybridized carbons (Fsp3) is 0.455. The summed E-state index contributed by atoms with van der Waals surface area (Å²) >= 11 is 5.65. The zero-order valence-electron chi connectivity index (χ0n) is 9.46. The van der Waals surface area contributed by atoms with Crippen LogP contribution in [0.2, 0.25) is 5.02 Å². The average Bonchev–Trinajstić information content (AvgIpc) is 2.24. The number of rotatable bonds is 5. The summed E-state index contributed by atoms with van der Waals surface area (Å²) < 4.78 is 23.6. The van der Waals surface area contributed by atoms with Gasteiger partial charge in [0.15, 0.2) is 6.29 Å². The maximum Gasteiger partial charge on any atom is 0.176 e. The molecule has 0 radical (unpaired) electrons. The van der Waals surface area contributed by atoms with Crippen LogP contribution in [-0.4, -0.2) is 26.6 Å². The summed E-state index contributed by atoms with van der Waals surface area (Å²) in [4.78, 5) is 0. The Morgan fingerprint density at radius 2 is 1.94 bits per heavy atom. The van der Waals surface area contributed by atoms with E-state index in [1.54, 1.807) is 12.1 Å². The van der Waals surface area contributed by atoms with E-state index in [0.717, 1.165) is 0 Å². The summed E-state index contributed by atoms with van der Waals surface area (Å²) in [6, 6.07) is 4.28. The third-order valence-corrected chi connectivity index (χ3v) is 2.42. The zero-order chi connectivity index (χ0) is 12.1. The largest absolute Gasteiger partial charge is 0.375 e. The summed E-state index contributed by atoms with van der Waals surface area (Å²) in [5, 5.41) is 3.32. The summed E-state index contributed by atoms with van der Waals surface area (Å²) in [7, 11) is 3.06. The van der Waals surface area contributed by atoms with Crippen LogP contribution in [0.5, 0.6) is 0 Å². The Kier molecular flexibility index (Phi) is 4.99. The molecule has 90 valence electrons. The number of halogens is 2. The van der Waals surface area contributed by atoms with E-state index in [1.165, 1.54) is 20.3 Å². The Morgan fingerprint density at radius 1 is 1.31 bits per heavy atom. The van der Waals surface area contributed by atoms with Crippen molar-refractivity contribution in [1.29, 1.82) is 0 Å². The lowest BCUT2D eigenvalue weighted by atomic mass is 10.2. The smallest absolute Gasteiger partial charge is 0.176 e. The van der Waals surface area contributed by atoms with Crippen molar-refractivity contribution in [3.63, 3.8) is 0 Å². The van der Waals surface area contributed by atoms with Crippen LogP contribution in [0.3, 0.4) is 0 Å². The minimum absolute atomic E-state index is 0.175. The summed E-state index contributed by atoms with van der Waals surface area (Å²) in [6.45, 7) is 1.84. The molecule has 0 aliphatic carbocycles. The topological polar surface area (TPSA) is 30.5 Å². The molecule has 0 heterocycles. The van der Waals surface area contributed by atoms with Crippen LogP contribution in [0.1, 0.15) is 6.92 Å². The van der Waals surface area contributed by atoms with Gasteiger partial charge in [0.2, 0.25) is 0 Å².